The number of aromatic nitrogens is 1. The molecule has 2 aliphatic rings. The molecule has 1 aromatic rings. The van der Waals surface area contributed by atoms with Gasteiger partial charge in [-0.15, -0.1) is 0 Å². The smallest absolute Gasteiger partial charge is 0.378 e. The highest BCUT2D eigenvalue weighted by Crippen LogP contribution is 2.20. The van der Waals surface area contributed by atoms with Crippen molar-refractivity contribution in [3.63, 3.8) is 0 Å². The van der Waals surface area contributed by atoms with Crippen molar-refractivity contribution in [2.75, 3.05) is 50.8 Å². The predicted octanol–water partition coefficient (Wildman–Crippen LogP) is 1.67. The van der Waals surface area contributed by atoms with Gasteiger partial charge in [0.1, 0.15) is 5.82 Å². The number of anilines is 1. The lowest BCUT2D eigenvalue weighted by molar-refractivity contribution is -0.148. The normalized spacial score (nSPS) is 20.2. The minimum absolute atomic E-state index is 0.106. The first-order chi connectivity index (χ1) is 12.4. The Hall–Kier alpha value is -1.87. The number of carbonyl (C=O) groups excluding carboxylic acids is 1. The van der Waals surface area contributed by atoms with Crippen molar-refractivity contribution in [3.8, 4) is 0 Å². The molecule has 2 aliphatic heterocycles. The second-order valence-electron chi connectivity index (χ2n) is 6.64. The van der Waals surface area contributed by atoms with E-state index >= 15 is 0 Å². The van der Waals surface area contributed by atoms with Crippen molar-refractivity contribution >= 4 is 11.7 Å². The summed E-state index contributed by atoms with van der Waals surface area (Å²) in [6.07, 6.45) is -1.61. The number of nitrogens with one attached hydrogen (secondary N) is 1. The molecule has 1 aromatic heterocycles. The van der Waals surface area contributed by atoms with E-state index in [1.807, 2.05) is 6.07 Å². The standard InChI is InChI=1S/C17H23F3N4O2/c18-17(19,20)12-23-5-3-14(4-6-23)22-16(25)13-1-2-15(21-11-13)24-7-9-26-10-8-24/h1-2,11,14H,3-10,12H2,(H,22,25). The number of rotatable bonds is 4. The minimum Gasteiger partial charge on any atom is -0.378 e. The third-order valence-electron chi connectivity index (χ3n) is 4.67. The topological polar surface area (TPSA) is 57.7 Å². The van der Waals surface area contributed by atoms with E-state index in [1.165, 1.54) is 4.90 Å². The summed E-state index contributed by atoms with van der Waals surface area (Å²) < 4.78 is 42.5. The number of alkyl halides is 3. The summed E-state index contributed by atoms with van der Waals surface area (Å²) in [5.41, 5.74) is 0.458. The van der Waals surface area contributed by atoms with Crippen molar-refractivity contribution in [1.82, 2.24) is 15.2 Å². The van der Waals surface area contributed by atoms with Crippen molar-refractivity contribution < 1.29 is 22.7 Å². The molecule has 9 heteroatoms. The number of amides is 1. The summed E-state index contributed by atoms with van der Waals surface area (Å²) in [7, 11) is 0. The number of piperidine rings is 1. The van der Waals surface area contributed by atoms with Gasteiger partial charge in [0.2, 0.25) is 0 Å². The number of carbonyl (C=O) groups is 1. The predicted molar refractivity (Wildman–Crippen MR) is 90.3 cm³/mol. The van der Waals surface area contributed by atoms with Gasteiger partial charge in [-0.3, -0.25) is 9.69 Å². The Morgan fingerprint density at radius 1 is 1.19 bits per heavy atom. The number of pyridine rings is 1. The van der Waals surface area contributed by atoms with Gasteiger partial charge < -0.3 is 15.0 Å². The molecule has 2 fully saturated rings. The van der Waals surface area contributed by atoms with Gasteiger partial charge in [0.25, 0.3) is 5.91 Å². The number of hydrogen-bond donors (Lipinski definition) is 1. The van der Waals surface area contributed by atoms with E-state index in [1.54, 1.807) is 12.3 Å². The molecule has 0 bridgehead atoms. The second-order valence-corrected chi connectivity index (χ2v) is 6.64. The molecule has 3 rings (SSSR count). The first-order valence-corrected chi connectivity index (χ1v) is 8.79. The van der Waals surface area contributed by atoms with Crippen LogP contribution >= 0.6 is 0 Å². The number of ether oxygens (including phenoxy) is 1. The fourth-order valence-electron chi connectivity index (χ4n) is 3.26. The number of hydrogen-bond acceptors (Lipinski definition) is 5. The quantitative estimate of drug-likeness (QED) is 0.872. The van der Waals surface area contributed by atoms with Crippen LogP contribution in [-0.2, 0) is 4.74 Å². The van der Waals surface area contributed by atoms with Crippen LogP contribution in [0.3, 0.4) is 0 Å². The van der Waals surface area contributed by atoms with E-state index < -0.39 is 12.7 Å². The Labute approximate surface area is 150 Å². The molecule has 2 saturated heterocycles. The lowest BCUT2D eigenvalue weighted by atomic mass is 10.0. The monoisotopic (exact) mass is 372 g/mol. The van der Waals surface area contributed by atoms with Gasteiger partial charge in [-0.1, -0.05) is 0 Å². The maximum absolute atomic E-state index is 12.4. The summed E-state index contributed by atoms with van der Waals surface area (Å²) >= 11 is 0. The highest BCUT2D eigenvalue weighted by Gasteiger charge is 2.32. The molecule has 3 heterocycles. The van der Waals surface area contributed by atoms with E-state index in [4.69, 9.17) is 4.74 Å². The molecule has 144 valence electrons. The molecule has 0 saturated carbocycles. The maximum Gasteiger partial charge on any atom is 0.401 e. The fraction of sp³-hybridized carbons (Fsp3) is 0.647. The Morgan fingerprint density at radius 2 is 1.88 bits per heavy atom. The molecule has 1 N–H and O–H groups in total. The Bertz CT molecular complexity index is 595. The molecule has 0 radical (unpaired) electrons. The van der Waals surface area contributed by atoms with Gasteiger partial charge in [-0.05, 0) is 25.0 Å². The average Bonchev–Trinajstić information content (AvgIpc) is 2.63. The molecule has 0 aliphatic carbocycles. The van der Waals surface area contributed by atoms with Crippen LogP contribution in [0.5, 0.6) is 0 Å². The second kappa shape index (κ2) is 8.22. The number of morpholine rings is 1. The highest BCUT2D eigenvalue weighted by atomic mass is 19.4. The first-order valence-electron chi connectivity index (χ1n) is 8.79. The van der Waals surface area contributed by atoms with E-state index in [0.717, 1.165) is 18.9 Å². The molecule has 0 atom stereocenters. The molecule has 0 aromatic carbocycles. The SMILES string of the molecule is O=C(NC1CCN(CC(F)(F)F)CC1)c1ccc(N2CCOCC2)nc1. The van der Waals surface area contributed by atoms with Gasteiger partial charge in [0.05, 0.1) is 25.3 Å². The fourth-order valence-corrected chi connectivity index (χ4v) is 3.26. The zero-order valence-corrected chi connectivity index (χ0v) is 14.5. The van der Waals surface area contributed by atoms with Crippen LogP contribution in [0.25, 0.3) is 0 Å². The van der Waals surface area contributed by atoms with Crippen molar-refractivity contribution in [3.05, 3.63) is 23.9 Å². The van der Waals surface area contributed by atoms with E-state index in [0.29, 0.717) is 44.7 Å². The lowest BCUT2D eigenvalue weighted by Gasteiger charge is -2.32. The van der Waals surface area contributed by atoms with Gasteiger partial charge in [0.15, 0.2) is 0 Å². The van der Waals surface area contributed by atoms with Crippen molar-refractivity contribution in [1.29, 1.82) is 0 Å². The summed E-state index contributed by atoms with van der Waals surface area (Å²) in [6.45, 7) is 2.65. The first kappa shape index (κ1) is 18.9. The molecule has 0 unspecified atom stereocenters. The van der Waals surface area contributed by atoms with E-state index in [-0.39, 0.29) is 11.9 Å². The van der Waals surface area contributed by atoms with Gasteiger partial charge in [-0.25, -0.2) is 4.98 Å². The summed E-state index contributed by atoms with van der Waals surface area (Å²) in [4.78, 5) is 20.2. The van der Waals surface area contributed by atoms with Crippen LogP contribution < -0.4 is 10.2 Å². The molecular formula is C17H23F3N4O2. The zero-order chi connectivity index (χ0) is 18.6. The van der Waals surface area contributed by atoms with Gasteiger partial charge in [-0.2, -0.15) is 13.2 Å². The third kappa shape index (κ3) is 5.31. The zero-order valence-electron chi connectivity index (χ0n) is 14.5. The molecule has 26 heavy (non-hydrogen) atoms. The Kier molecular flexibility index (Phi) is 5.98. The summed E-state index contributed by atoms with van der Waals surface area (Å²) in [6, 6.07) is 3.43. The largest absolute Gasteiger partial charge is 0.401 e. The van der Waals surface area contributed by atoms with Crippen LogP contribution in [0.2, 0.25) is 0 Å². The van der Waals surface area contributed by atoms with Crippen molar-refractivity contribution in [2.45, 2.75) is 25.1 Å². The highest BCUT2D eigenvalue weighted by molar-refractivity contribution is 5.94. The maximum atomic E-state index is 12.4. The van der Waals surface area contributed by atoms with Crippen LogP contribution in [0.4, 0.5) is 19.0 Å². The van der Waals surface area contributed by atoms with Crippen LogP contribution in [0.1, 0.15) is 23.2 Å². The lowest BCUT2D eigenvalue weighted by Crippen LogP contribution is -2.47. The summed E-state index contributed by atoms with van der Waals surface area (Å²) in [5.74, 6) is 0.575. The molecule has 0 spiro atoms. The van der Waals surface area contributed by atoms with Gasteiger partial charge in [0, 0.05) is 38.4 Å². The molecule has 1 amide bonds. The third-order valence-corrected chi connectivity index (χ3v) is 4.67. The van der Waals surface area contributed by atoms with Gasteiger partial charge >= 0.3 is 6.18 Å². The number of halogens is 3. The van der Waals surface area contributed by atoms with Crippen molar-refractivity contribution in [2.24, 2.45) is 0 Å². The average molecular weight is 372 g/mol. The number of nitrogens with zero attached hydrogens (tertiary/aromatic N) is 3. The Morgan fingerprint density at radius 3 is 2.46 bits per heavy atom. The van der Waals surface area contributed by atoms with Crippen LogP contribution in [0, 0.1) is 0 Å². The molecular weight excluding hydrogens is 349 g/mol. The molecule has 6 nitrogen and oxygen atoms in total. The summed E-state index contributed by atoms with van der Waals surface area (Å²) in [5, 5.41) is 2.90. The van der Waals surface area contributed by atoms with E-state index in [9.17, 15) is 18.0 Å². The van der Waals surface area contributed by atoms with Crippen LogP contribution in [-0.4, -0.2) is 73.9 Å². The number of likely N-dealkylation sites (tertiary alicyclic amines) is 1. The minimum atomic E-state index is -4.18. The van der Waals surface area contributed by atoms with E-state index in [2.05, 4.69) is 15.2 Å². The van der Waals surface area contributed by atoms with Crippen LogP contribution in [0.15, 0.2) is 18.3 Å². The Balaban J connectivity index is 1.48.